The summed E-state index contributed by atoms with van der Waals surface area (Å²) in [4.78, 5) is 17.1. The van der Waals surface area contributed by atoms with Crippen molar-refractivity contribution in [3.63, 3.8) is 0 Å². The van der Waals surface area contributed by atoms with Gasteiger partial charge in [-0.25, -0.2) is 9.37 Å². The number of benzene rings is 2. The van der Waals surface area contributed by atoms with Crippen LogP contribution in [0.25, 0.3) is 16.4 Å². The molecule has 0 spiro atoms. The van der Waals surface area contributed by atoms with Gasteiger partial charge >= 0.3 is 6.18 Å². The van der Waals surface area contributed by atoms with Crippen LogP contribution in [-0.2, 0) is 6.18 Å². The molecule has 0 unspecified atom stereocenters. The zero-order valence-corrected chi connectivity index (χ0v) is 16.8. The molecule has 5 nitrogen and oxygen atoms in total. The van der Waals surface area contributed by atoms with Gasteiger partial charge in [0.25, 0.3) is 5.91 Å². The number of aryl methyl sites for hydroxylation is 1. The van der Waals surface area contributed by atoms with Crippen LogP contribution >= 0.6 is 11.3 Å². The molecular formula is C21H14F4N4OS. The number of carbonyl (C=O) groups is 1. The summed E-state index contributed by atoms with van der Waals surface area (Å²) in [5.41, 5.74) is 0.290. The third-order valence-electron chi connectivity index (χ3n) is 4.36. The van der Waals surface area contributed by atoms with E-state index in [0.717, 1.165) is 12.1 Å². The fourth-order valence-electron chi connectivity index (χ4n) is 2.96. The van der Waals surface area contributed by atoms with Gasteiger partial charge in [0.1, 0.15) is 11.6 Å². The van der Waals surface area contributed by atoms with Crippen LogP contribution in [0.1, 0.15) is 21.6 Å². The molecule has 0 bridgehead atoms. The van der Waals surface area contributed by atoms with E-state index < -0.39 is 23.2 Å². The number of amides is 1. The SMILES string of the molecule is Cc1cc(NC(=O)c2ccccc2C(F)(F)F)n(-c2nc(-c3ccc(F)cc3)cs2)n1. The number of carbonyl (C=O) groups excluding carboxylic acids is 1. The molecule has 0 aliphatic carbocycles. The van der Waals surface area contributed by atoms with E-state index in [2.05, 4.69) is 15.4 Å². The summed E-state index contributed by atoms with van der Waals surface area (Å²) >= 11 is 1.22. The highest BCUT2D eigenvalue weighted by Crippen LogP contribution is 2.32. The van der Waals surface area contributed by atoms with E-state index in [9.17, 15) is 22.4 Å². The van der Waals surface area contributed by atoms with E-state index >= 15 is 0 Å². The predicted octanol–water partition coefficient (Wildman–Crippen LogP) is 5.71. The number of nitrogens with one attached hydrogen (secondary N) is 1. The Balaban J connectivity index is 1.65. The summed E-state index contributed by atoms with van der Waals surface area (Å²) in [5, 5.41) is 8.92. The lowest BCUT2D eigenvalue weighted by atomic mass is 10.1. The van der Waals surface area contributed by atoms with Crippen molar-refractivity contribution in [3.05, 3.63) is 82.6 Å². The maximum atomic E-state index is 13.3. The Morgan fingerprint density at radius 1 is 1.10 bits per heavy atom. The van der Waals surface area contributed by atoms with Crippen LogP contribution in [0.5, 0.6) is 0 Å². The van der Waals surface area contributed by atoms with Crippen molar-refractivity contribution in [1.29, 1.82) is 0 Å². The number of nitrogens with zero attached hydrogens (tertiary/aromatic N) is 3. The average molecular weight is 446 g/mol. The lowest BCUT2D eigenvalue weighted by molar-refractivity contribution is -0.137. The summed E-state index contributed by atoms with van der Waals surface area (Å²) in [7, 11) is 0. The maximum Gasteiger partial charge on any atom is 0.417 e. The second kappa shape index (κ2) is 7.95. The molecule has 2 heterocycles. The van der Waals surface area contributed by atoms with Crippen LogP contribution in [0.3, 0.4) is 0 Å². The Kier molecular flexibility index (Phi) is 5.32. The molecule has 2 aromatic carbocycles. The number of alkyl halides is 3. The van der Waals surface area contributed by atoms with Gasteiger partial charge in [0.15, 0.2) is 0 Å². The molecule has 0 aliphatic rings. The summed E-state index contributed by atoms with van der Waals surface area (Å²) in [5.74, 6) is -1.10. The van der Waals surface area contributed by atoms with Crippen molar-refractivity contribution in [2.24, 2.45) is 0 Å². The van der Waals surface area contributed by atoms with Crippen LogP contribution in [0.2, 0.25) is 0 Å². The monoisotopic (exact) mass is 446 g/mol. The first-order valence-corrected chi connectivity index (χ1v) is 9.86. The molecule has 2 aromatic heterocycles. The van der Waals surface area contributed by atoms with Gasteiger partial charge in [0.2, 0.25) is 5.13 Å². The number of hydrogen-bond acceptors (Lipinski definition) is 4. The first-order chi connectivity index (χ1) is 14.7. The molecule has 4 aromatic rings. The highest BCUT2D eigenvalue weighted by molar-refractivity contribution is 7.12. The van der Waals surface area contributed by atoms with Gasteiger partial charge in [0, 0.05) is 17.0 Å². The summed E-state index contributed by atoms with van der Waals surface area (Å²) < 4.78 is 54.3. The Morgan fingerprint density at radius 2 is 1.81 bits per heavy atom. The second-order valence-corrected chi connectivity index (χ2v) is 7.44. The second-order valence-electron chi connectivity index (χ2n) is 6.60. The first kappa shape index (κ1) is 20.7. The van der Waals surface area contributed by atoms with Crippen molar-refractivity contribution in [2.45, 2.75) is 13.1 Å². The quantitative estimate of drug-likeness (QED) is 0.408. The Morgan fingerprint density at radius 3 is 2.52 bits per heavy atom. The Labute approximate surface area is 178 Å². The van der Waals surface area contributed by atoms with Gasteiger partial charge in [-0.15, -0.1) is 11.3 Å². The number of halogens is 4. The van der Waals surface area contributed by atoms with Crippen molar-refractivity contribution < 1.29 is 22.4 Å². The highest BCUT2D eigenvalue weighted by atomic mass is 32.1. The largest absolute Gasteiger partial charge is 0.417 e. The fourth-order valence-corrected chi connectivity index (χ4v) is 3.76. The average Bonchev–Trinajstić information content (AvgIpc) is 3.34. The minimum atomic E-state index is -4.66. The molecule has 158 valence electrons. The summed E-state index contributed by atoms with van der Waals surface area (Å²) in [6.07, 6.45) is -4.66. The molecular weight excluding hydrogens is 432 g/mol. The van der Waals surface area contributed by atoms with Gasteiger partial charge in [-0.3, -0.25) is 4.79 Å². The molecule has 1 amide bonds. The van der Waals surface area contributed by atoms with E-state index in [0.29, 0.717) is 22.1 Å². The number of hydrogen-bond donors (Lipinski definition) is 1. The minimum Gasteiger partial charge on any atom is -0.306 e. The smallest absolute Gasteiger partial charge is 0.306 e. The third kappa shape index (κ3) is 4.33. The summed E-state index contributed by atoms with van der Waals surface area (Å²) in [6.45, 7) is 1.68. The molecule has 0 saturated carbocycles. The Hall–Kier alpha value is -3.53. The van der Waals surface area contributed by atoms with E-state index in [-0.39, 0.29) is 11.6 Å². The minimum absolute atomic E-state index is 0.180. The van der Waals surface area contributed by atoms with Gasteiger partial charge in [-0.05, 0) is 43.3 Å². The highest BCUT2D eigenvalue weighted by Gasteiger charge is 2.35. The van der Waals surface area contributed by atoms with Crippen LogP contribution in [0.15, 0.2) is 60.0 Å². The van der Waals surface area contributed by atoms with Crippen LogP contribution in [-0.4, -0.2) is 20.7 Å². The van der Waals surface area contributed by atoms with Crippen LogP contribution in [0, 0.1) is 12.7 Å². The van der Waals surface area contributed by atoms with Crippen molar-refractivity contribution >= 4 is 23.1 Å². The van der Waals surface area contributed by atoms with Crippen molar-refractivity contribution in [3.8, 4) is 16.4 Å². The van der Waals surface area contributed by atoms with Gasteiger partial charge in [0.05, 0.1) is 22.5 Å². The fraction of sp³-hybridized carbons (Fsp3) is 0.0952. The zero-order chi connectivity index (χ0) is 22.2. The molecule has 31 heavy (non-hydrogen) atoms. The van der Waals surface area contributed by atoms with Crippen molar-refractivity contribution in [2.75, 3.05) is 5.32 Å². The Bertz CT molecular complexity index is 1250. The third-order valence-corrected chi connectivity index (χ3v) is 5.18. The lowest BCUT2D eigenvalue weighted by Gasteiger charge is -2.12. The molecule has 0 saturated heterocycles. The van der Waals surface area contributed by atoms with Gasteiger partial charge in [-0.2, -0.15) is 23.0 Å². The molecule has 0 atom stereocenters. The van der Waals surface area contributed by atoms with Crippen LogP contribution < -0.4 is 5.32 Å². The molecule has 4 rings (SSSR count). The molecule has 0 radical (unpaired) electrons. The number of anilines is 1. The molecule has 0 aliphatic heterocycles. The number of thiazole rings is 1. The number of rotatable bonds is 4. The van der Waals surface area contributed by atoms with Crippen LogP contribution in [0.4, 0.5) is 23.4 Å². The number of aromatic nitrogens is 3. The van der Waals surface area contributed by atoms with E-state index in [1.165, 1.54) is 46.4 Å². The molecule has 1 N–H and O–H groups in total. The van der Waals surface area contributed by atoms with E-state index in [1.807, 2.05) is 0 Å². The topological polar surface area (TPSA) is 59.8 Å². The normalized spacial score (nSPS) is 11.5. The van der Waals surface area contributed by atoms with Crippen molar-refractivity contribution in [1.82, 2.24) is 14.8 Å². The first-order valence-electron chi connectivity index (χ1n) is 8.98. The summed E-state index contributed by atoms with van der Waals surface area (Å²) in [6, 6.07) is 11.9. The van der Waals surface area contributed by atoms with Gasteiger partial charge < -0.3 is 5.32 Å². The lowest BCUT2D eigenvalue weighted by Crippen LogP contribution is -2.20. The predicted molar refractivity (Wildman–Crippen MR) is 109 cm³/mol. The van der Waals surface area contributed by atoms with E-state index in [4.69, 9.17) is 0 Å². The molecule has 0 fully saturated rings. The van der Waals surface area contributed by atoms with Gasteiger partial charge in [-0.1, -0.05) is 12.1 Å². The standard InChI is InChI=1S/C21H14F4N4OS/c1-12-10-18(27-19(30)15-4-2-3-5-16(15)21(23,24)25)29(28-12)20-26-17(11-31-20)13-6-8-14(22)9-7-13/h2-11H,1H3,(H,27,30). The maximum absolute atomic E-state index is 13.3. The zero-order valence-electron chi connectivity index (χ0n) is 15.9. The molecule has 10 heteroatoms. The van der Waals surface area contributed by atoms with E-state index in [1.54, 1.807) is 24.4 Å².